The van der Waals surface area contributed by atoms with Gasteiger partial charge in [-0.15, -0.1) is 0 Å². The molecule has 0 spiro atoms. The second kappa shape index (κ2) is 5.65. The molecular formula is C11H15BrN2S2. The molecule has 1 aliphatic heterocycles. The van der Waals surface area contributed by atoms with Gasteiger partial charge in [-0.2, -0.15) is 11.8 Å². The van der Waals surface area contributed by atoms with Crippen LogP contribution in [0.1, 0.15) is 43.0 Å². The number of aryl methyl sites for hydroxylation is 1. The number of nitrogens with zero attached hydrogens (tertiary/aromatic N) is 1. The summed E-state index contributed by atoms with van der Waals surface area (Å²) in [6.45, 7) is 2.13. The summed E-state index contributed by atoms with van der Waals surface area (Å²) >= 11 is 10.8. The molecule has 2 rings (SSSR count). The lowest BCUT2D eigenvalue weighted by Gasteiger charge is -2.21. The van der Waals surface area contributed by atoms with Gasteiger partial charge in [-0.3, -0.25) is 0 Å². The van der Waals surface area contributed by atoms with E-state index in [0.717, 1.165) is 16.7 Å². The average Bonchev–Trinajstić information content (AvgIpc) is 2.33. The highest BCUT2D eigenvalue weighted by Gasteiger charge is 2.19. The van der Waals surface area contributed by atoms with Crippen LogP contribution in [0, 0.1) is 4.64 Å². The SMILES string of the molecule is CCc1[nH]c(C2CCCCS2)nc(=S)c1Br. The summed E-state index contributed by atoms with van der Waals surface area (Å²) in [6, 6.07) is 0. The van der Waals surface area contributed by atoms with Crippen LogP contribution in [-0.2, 0) is 6.42 Å². The fourth-order valence-electron chi connectivity index (χ4n) is 1.88. The fraction of sp³-hybridized carbons (Fsp3) is 0.636. The molecule has 1 fully saturated rings. The third-order valence-electron chi connectivity index (χ3n) is 2.79. The van der Waals surface area contributed by atoms with Gasteiger partial charge >= 0.3 is 0 Å². The summed E-state index contributed by atoms with van der Waals surface area (Å²) in [5, 5.41) is 0.508. The summed E-state index contributed by atoms with van der Waals surface area (Å²) in [5.74, 6) is 2.31. The Morgan fingerprint density at radius 3 is 3.00 bits per heavy atom. The van der Waals surface area contributed by atoms with Crippen molar-refractivity contribution in [2.24, 2.45) is 0 Å². The highest BCUT2D eigenvalue weighted by atomic mass is 79.9. The Labute approximate surface area is 114 Å². The first-order valence-electron chi connectivity index (χ1n) is 5.62. The van der Waals surface area contributed by atoms with Gasteiger partial charge in [-0.25, -0.2) is 4.98 Å². The number of thioether (sulfide) groups is 1. The minimum Gasteiger partial charge on any atom is -0.345 e. The Bertz CT molecular complexity index is 424. The van der Waals surface area contributed by atoms with Crippen molar-refractivity contribution in [2.45, 2.75) is 37.9 Å². The van der Waals surface area contributed by atoms with Crippen LogP contribution in [0.5, 0.6) is 0 Å². The van der Waals surface area contributed by atoms with E-state index in [2.05, 4.69) is 32.8 Å². The van der Waals surface area contributed by atoms with E-state index < -0.39 is 0 Å². The Morgan fingerprint density at radius 2 is 2.38 bits per heavy atom. The van der Waals surface area contributed by atoms with E-state index in [0.29, 0.717) is 9.89 Å². The number of aromatic amines is 1. The van der Waals surface area contributed by atoms with E-state index in [1.165, 1.54) is 30.7 Å². The largest absolute Gasteiger partial charge is 0.345 e. The average molecular weight is 319 g/mol. The van der Waals surface area contributed by atoms with Gasteiger partial charge in [0.15, 0.2) is 0 Å². The molecule has 0 amide bonds. The standard InChI is InChI=1S/C11H15BrN2S2/c1-2-7-9(12)11(15)14-10(13-7)8-5-3-4-6-16-8/h8H,2-6H2,1H3,(H,13,14,15). The highest BCUT2D eigenvalue weighted by molar-refractivity contribution is 9.10. The molecule has 16 heavy (non-hydrogen) atoms. The van der Waals surface area contributed by atoms with E-state index in [1.54, 1.807) is 0 Å². The fourth-order valence-corrected chi connectivity index (χ4v) is 3.83. The van der Waals surface area contributed by atoms with Gasteiger partial charge in [0, 0.05) is 5.69 Å². The molecule has 0 saturated carbocycles. The Hall–Kier alpha value is 0.130. The smallest absolute Gasteiger partial charge is 0.144 e. The van der Waals surface area contributed by atoms with Crippen LogP contribution >= 0.6 is 39.9 Å². The van der Waals surface area contributed by atoms with Gasteiger partial charge in [0.05, 0.1) is 9.72 Å². The Morgan fingerprint density at radius 1 is 1.56 bits per heavy atom. The number of hydrogen-bond acceptors (Lipinski definition) is 3. The second-order valence-corrected chi connectivity index (χ2v) is 6.42. The lowest BCUT2D eigenvalue weighted by atomic mass is 10.2. The van der Waals surface area contributed by atoms with Gasteiger partial charge in [0.2, 0.25) is 0 Å². The molecule has 88 valence electrons. The van der Waals surface area contributed by atoms with E-state index in [-0.39, 0.29) is 0 Å². The number of rotatable bonds is 2. The summed E-state index contributed by atoms with van der Waals surface area (Å²) in [5.41, 5.74) is 1.17. The second-order valence-electron chi connectivity index (χ2n) is 3.93. The Kier molecular flexibility index (Phi) is 4.44. The highest BCUT2D eigenvalue weighted by Crippen LogP contribution is 2.37. The first-order valence-corrected chi connectivity index (χ1v) is 7.87. The van der Waals surface area contributed by atoms with Crippen molar-refractivity contribution >= 4 is 39.9 Å². The van der Waals surface area contributed by atoms with E-state index in [4.69, 9.17) is 12.2 Å². The zero-order valence-electron chi connectivity index (χ0n) is 9.25. The molecule has 2 nitrogen and oxygen atoms in total. The number of hydrogen-bond donors (Lipinski definition) is 1. The van der Waals surface area contributed by atoms with Gasteiger partial charge in [0.25, 0.3) is 0 Å². The molecule has 0 bridgehead atoms. The van der Waals surface area contributed by atoms with Crippen molar-refractivity contribution < 1.29 is 0 Å². The van der Waals surface area contributed by atoms with Crippen molar-refractivity contribution in [3.63, 3.8) is 0 Å². The minimum atomic E-state index is 0.508. The van der Waals surface area contributed by atoms with Crippen LogP contribution in [0.4, 0.5) is 0 Å². The molecule has 1 unspecified atom stereocenters. The number of nitrogens with one attached hydrogen (secondary N) is 1. The molecule has 0 aliphatic carbocycles. The van der Waals surface area contributed by atoms with Crippen molar-refractivity contribution in [1.29, 1.82) is 0 Å². The molecule has 1 atom stereocenters. The zero-order chi connectivity index (χ0) is 11.5. The molecule has 5 heteroatoms. The molecule has 1 aromatic heterocycles. The summed E-state index contributed by atoms with van der Waals surface area (Å²) in [4.78, 5) is 7.92. The van der Waals surface area contributed by atoms with Gasteiger partial charge in [-0.05, 0) is 40.9 Å². The van der Waals surface area contributed by atoms with Gasteiger partial charge in [-0.1, -0.05) is 25.6 Å². The van der Waals surface area contributed by atoms with Crippen molar-refractivity contribution in [2.75, 3.05) is 5.75 Å². The summed E-state index contributed by atoms with van der Waals surface area (Å²) in [6.07, 6.45) is 4.81. The van der Waals surface area contributed by atoms with Crippen LogP contribution in [0.2, 0.25) is 0 Å². The lowest BCUT2D eigenvalue weighted by molar-refractivity contribution is 0.657. The molecule has 2 heterocycles. The normalized spacial score (nSPS) is 21.0. The van der Waals surface area contributed by atoms with E-state index >= 15 is 0 Å². The van der Waals surface area contributed by atoms with Crippen LogP contribution < -0.4 is 0 Å². The molecule has 1 N–H and O–H groups in total. The summed E-state index contributed by atoms with van der Waals surface area (Å²) in [7, 11) is 0. The third-order valence-corrected chi connectivity index (χ3v) is 5.59. The van der Waals surface area contributed by atoms with Crippen LogP contribution in [0.25, 0.3) is 0 Å². The minimum absolute atomic E-state index is 0.508. The quantitative estimate of drug-likeness (QED) is 0.818. The lowest BCUT2D eigenvalue weighted by Crippen LogP contribution is -2.08. The van der Waals surface area contributed by atoms with Crippen LogP contribution in [-0.4, -0.2) is 15.7 Å². The first-order chi connectivity index (χ1) is 7.72. The van der Waals surface area contributed by atoms with Crippen molar-refractivity contribution in [1.82, 2.24) is 9.97 Å². The molecule has 1 aromatic rings. The zero-order valence-corrected chi connectivity index (χ0v) is 12.5. The van der Waals surface area contributed by atoms with Gasteiger partial charge in [0.1, 0.15) is 10.5 Å². The molecule has 0 radical (unpaired) electrons. The monoisotopic (exact) mass is 318 g/mol. The maximum atomic E-state index is 5.28. The summed E-state index contributed by atoms with van der Waals surface area (Å²) < 4.78 is 1.64. The molecule has 1 aliphatic rings. The topological polar surface area (TPSA) is 28.7 Å². The van der Waals surface area contributed by atoms with Crippen molar-refractivity contribution in [3.05, 3.63) is 20.6 Å². The maximum absolute atomic E-state index is 5.28. The molecule has 0 aromatic carbocycles. The van der Waals surface area contributed by atoms with Gasteiger partial charge < -0.3 is 4.98 Å². The number of halogens is 1. The Balaban J connectivity index is 2.33. The van der Waals surface area contributed by atoms with E-state index in [9.17, 15) is 0 Å². The van der Waals surface area contributed by atoms with Crippen LogP contribution in [0.15, 0.2) is 4.47 Å². The predicted molar refractivity (Wildman–Crippen MR) is 75.5 cm³/mol. The molecule has 1 saturated heterocycles. The van der Waals surface area contributed by atoms with E-state index in [1.807, 2.05) is 11.8 Å². The van der Waals surface area contributed by atoms with Crippen molar-refractivity contribution in [3.8, 4) is 0 Å². The first kappa shape index (κ1) is 12.6. The predicted octanol–water partition coefficient (Wildman–Crippen LogP) is 4.42. The van der Waals surface area contributed by atoms with Crippen LogP contribution in [0.3, 0.4) is 0 Å². The number of aromatic nitrogens is 2. The number of H-pyrrole nitrogens is 1. The third kappa shape index (κ3) is 2.68. The maximum Gasteiger partial charge on any atom is 0.144 e. The molecular weight excluding hydrogens is 304 g/mol.